The van der Waals surface area contributed by atoms with E-state index in [0.717, 1.165) is 0 Å². The number of fused-ring (bicyclic) bond motifs is 1. The molecule has 0 fully saturated rings. The van der Waals surface area contributed by atoms with E-state index >= 15 is 0 Å². The molecule has 1 heterocycles. The van der Waals surface area contributed by atoms with Crippen molar-refractivity contribution < 1.29 is 24.2 Å². The van der Waals surface area contributed by atoms with Crippen molar-refractivity contribution in [3.05, 3.63) is 59.2 Å². The maximum absolute atomic E-state index is 11.8. The number of benzene rings is 2. The number of carbonyl (C=O) groups is 3. The van der Waals surface area contributed by atoms with Crippen LogP contribution in [0.1, 0.15) is 31.1 Å². The molecule has 1 aliphatic heterocycles. The number of hydrogen-bond acceptors (Lipinski definition) is 4. The standard InChI is InChI=1S/C15H8O5/c16-13(17)10-5-2-1-4-8(10)9-6-3-7-11-12(9)15(19)20-14(11)18/h1-7H,(H,16,17). The summed E-state index contributed by atoms with van der Waals surface area (Å²) in [5, 5.41) is 9.21. The van der Waals surface area contributed by atoms with Gasteiger partial charge in [-0.2, -0.15) is 0 Å². The van der Waals surface area contributed by atoms with Crippen molar-refractivity contribution in [2.45, 2.75) is 0 Å². The molecule has 0 bridgehead atoms. The Bertz CT molecular complexity index is 761. The van der Waals surface area contributed by atoms with Gasteiger partial charge in [0.15, 0.2) is 0 Å². The van der Waals surface area contributed by atoms with Crippen molar-refractivity contribution in [2.24, 2.45) is 0 Å². The number of esters is 2. The van der Waals surface area contributed by atoms with E-state index in [4.69, 9.17) is 0 Å². The van der Waals surface area contributed by atoms with Gasteiger partial charge < -0.3 is 9.84 Å². The second-order valence-corrected chi connectivity index (χ2v) is 4.26. The van der Waals surface area contributed by atoms with E-state index in [9.17, 15) is 19.5 Å². The zero-order valence-electron chi connectivity index (χ0n) is 10.1. The van der Waals surface area contributed by atoms with Crippen LogP contribution in [0.3, 0.4) is 0 Å². The molecule has 5 heteroatoms. The van der Waals surface area contributed by atoms with E-state index in [1.807, 2.05) is 0 Å². The first-order valence-corrected chi connectivity index (χ1v) is 5.82. The molecule has 0 saturated carbocycles. The van der Waals surface area contributed by atoms with Crippen molar-refractivity contribution in [3.63, 3.8) is 0 Å². The fourth-order valence-electron chi connectivity index (χ4n) is 2.26. The monoisotopic (exact) mass is 268 g/mol. The average Bonchev–Trinajstić information content (AvgIpc) is 2.74. The highest BCUT2D eigenvalue weighted by atomic mass is 16.6. The van der Waals surface area contributed by atoms with E-state index in [1.54, 1.807) is 30.3 Å². The quantitative estimate of drug-likeness (QED) is 0.668. The van der Waals surface area contributed by atoms with Gasteiger partial charge in [0, 0.05) is 0 Å². The van der Waals surface area contributed by atoms with Crippen LogP contribution in [0.5, 0.6) is 0 Å². The van der Waals surface area contributed by atoms with Crippen LogP contribution >= 0.6 is 0 Å². The lowest BCUT2D eigenvalue weighted by Gasteiger charge is -2.08. The highest BCUT2D eigenvalue weighted by molar-refractivity contribution is 6.18. The fraction of sp³-hybridized carbons (Fsp3) is 0. The van der Waals surface area contributed by atoms with Gasteiger partial charge in [0.2, 0.25) is 0 Å². The minimum atomic E-state index is -1.10. The number of aromatic carboxylic acids is 1. The Balaban J connectivity index is 2.31. The largest absolute Gasteiger partial charge is 0.478 e. The number of carbonyl (C=O) groups excluding carboxylic acids is 2. The van der Waals surface area contributed by atoms with Crippen LogP contribution in [-0.2, 0) is 4.74 Å². The van der Waals surface area contributed by atoms with Gasteiger partial charge in [-0.05, 0) is 23.3 Å². The predicted molar refractivity (Wildman–Crippen MR) is 68.6 cm³/mol. The number of carboxylic acids is 1. The fourth-order valence-corrected chi connectivity index (χ4v) is 2.26. The molecule has 0 atom stereocenters. The molecule has 0 radical (unpaired) electrons. The lowest BCUT2D eigenvalue weighted by molar-refractivity contribution is 0.0443. The van der Waals surface area contributed by atoms with E-state index < -0.39 is 17.9 Å². The third-order valence-corrected chi connectivity index (χ3v) is 3.12. The van der Waals surface area contributed by atoms with Crippen LogP contribution < -0.4 is 0 Å². The summed E-state index contributed by atoms with van der Waals surface area (Å²) in [6.45, 7) is 0. The van der Waals surface area contributed by atoms with E-state index in [0.29, 0.717) is 11.1 Å². The lowest BCUT2D eigenvalue weighted by atomic mass is 9.93. The molecule has 2 aromatic rings. The summed E-state index contributed by atoms with van der Waals surface area (Å²) in [5.41, 5.74) is 1.10. The average molecular weight is 268 g/mol. The number of rotatable bonds is 2. The molecule has 1 aliphatic rings. The molecular weight excluding hydrogens is 260 g/mol. The molecule has 0 aliphatic carbocycles. The van der Waals surface area contributed by atoms with Crippen molar-refractivity contribution in [1.82, 2.24) is 0 Å². The SMILES string of the molecule is O=C(O)c1ccccc1-c1cccc2c1C(=O)OC2=O. The molecule has 1 N–H and O–H groups in total. The van der Waals surface area contributed by atoms with Crippen LogP contribution in [0.15, 0.2) is 42.5 Å². The van der Waals surface area contributed by atoms with Crippen molar-refractivity contribution in [2.75, 3.05) is 0 Å². The summed E-state index contributed by atoms with van der Waals surface area (Å²) in [4.78, 5) is 34.5. The summed E-state index contributed by atoms with van der Waals surface area (Å²) in [6.07, 6.45) is 0. The number of hydrogen-bond donors (Lipinski definition) is 1. The first kappa shape index (κ1) is 12.1. The number of cyclic esters (lactones) is 2. The van der Waals surface area contributed by atoms with Crippen LogP contribution in [-0.4, -0.2) is 23.0 Å². The Kier molecular flexibility index (Phi) is 2.61. The summed E-state index contributed by atoms with van der Waals surface area (Å²) < 4.78 is 4.57. The Morgan fingerprint density at radius 3 is 2.25 bits per heavy atom. The van der Waals surface area contributed by atoms with Gasteiger partial charge in [-0.3, -0.25) is 0 Å². The summed E-state index contributed by atoms with van der Waals surface area (Å²) >= 11 is 0. The highest BCUT2D eigenvalue weighted by Gasteiger charge is 2.33. The molecule has 98 valence electrons. The maximum Gasteiger partial charge on any atom is 0.347 e. The second kappa shape index (κ2) is 4.31. The third kappa shape index (κ3) is 1.68. The molecule has 20 heavy (non-hydrogen) atoms. The van der Waals surface area contributed by atoms with E-state index in [2.05, 4.69) is 4.74 Å². The number of ether oxygens (including phenoxy) is 1. The lowest BCUT2D eigenvalue weighted by Crippen LogP contribution is -2.03. The van der Waals surface area contributed by atoms with Crippen molar-refractivity contribution >= 4 is 17.9 Å². The minimum Gasteiger partial charge on any atom is -0.478 e. The van der Waals surface area contributed by atoms with Gasteiger partial charge in [0.05, 0.1) is 16.7 Å². The first-order chi connectivity index (χ1) is 9.59. The minimum absolute atomic E-state index is 0.0630. The Labute approximate surface area is 113 Å². The topological polar surface area (TPSA) is 80.7 Å². The molecule has 0 spiro atoms. The van der Waals surface area contributed by atoms with Crippen molar-refractivity contribution in [3.8, 4) is 11.1 Å². The van der Waals surface area contributed by atoms with Crippen LogP contribution in [0.2, 0.25) is 0 Å². The summed E-state index contributed by atoms with van der Waals surface area (Å²) in [7, 11) is 0. The normalized spacial score (nSPS) is 13.0. The van der Waals surface area contributed by atoms with Gasteiger partial charge in [0.1, 0.15) is 0 Å². The van der Waals surface area contributed by atoms with Crippen LogP contribution in [0.25, 0.3) is 11.1 Å². The number of carboxylic acid groups (broad SMARTS) is 1. The molecule has 0 unspecified atom stereocenters. The summed E-state index contributed by atoms with van der Waals surface area (Å²) in [5.74, 6) is -2.56. The third-order valence-electron chi connectivity index (χ3n) is 3.12. The Hall–Kier alpha value is -2.95. The summed E-state index contributed by atoms with van der Waals surface area (Å²) in [6, 6.07) is 11.0. The first-order valence-electron chi connectivity index (χ1n) is 5.82. The molecule has 0 amide bonds. The highest BCUT2D eigenvalue weighted by Crippen LogP contribution is 2.33. The molecular formula is C15H8O5. The Morgan fingerprint density at radius 2 is 1.50 bits per heavy atom. The van der Waals surface area contributed by atoms with Crippen LogP contribution in [0, 0.1) is 0 Å². The van der Waals surface area contributed by atoms with Gasteiger partial charge in [-0.1, -0.05) is 30.3 Å². The Morgan fingerprint density at radius 1 is 0.850 bits per heavy atom. The molecule has 2 aromatic carbocycles. The van der Waals surface area contributed by atoms with Gasteiger partial charge in [-0.25, -0.2) is 14.4 Å². The zero-order valence-corrected chi connectivity index (χ0v) is 10.1. The van der Waals surface area contributed by atoms with Gasteiger partial charge >= 0.3 is 17.9 Å². The smallest absolute Gasteiger partial charge is 0.347 e. The second-order valence-electron chi connectivity index (χ2n) is 4.26. The van der Waals surface area contributed by atoms with Crippen molar-refractivity contribution in [1.29, 1.82) is 0 Å². The van der Waals surface area contributed by atoms with Crippen LogP contribution in [0.4, 0.5) is 0 Å². The molecule has 5 nitrogen and oxygen atoms in total. The van der Waals surface area contributed by atoms with E-state index in [1.165, 1.54) is 12.1 Å². The zero-order chi connectivity index (χ0) is 14.3. The van der Waals surface area contributed by atoms with Gasteiger partial charge in [0.25, 0.3) is 0 Å². The molecule has 0 saturated heterocycles. The maximum atomic E-state index is 11.8. The van der Waals surface area contributed by atoms with Gasteiger partial charge in [-0.15, -0.1) is 0 Å². The predicted octanol–water partition coefficient (Wildman–Crippen LogP) is 2.36. The van der Waals surface area contributed by atoms with E-state index in [-0.39, 0.29) is 16.7 Å². The molecule has 3 rings (SSSR count). The molecule has 0 aromatic heterocycles.